The Bertz CT molecular complexity index is 71.5. The lowest BCUT2D eigenvalue weighted by Crippen LogP contribution is -2.18. The number of rotatable bonds is 3. The molecule has 0 unspecified atom stereocenters. The first-order valence-corrected chi connectivity index (χ1v) is 3.36. The molecule has 2 N–H and O–H groups in total. The summed E-state index contributed by atoms with van der Waals surface area (Å²) in [7, 11) is 0. The Hall–Kier alpha value is -0.120. The Kier molecular flexibility index (Phi) is 2.97. The standard InChI is InChI=1S/C6H13NO2/c8-3-4-9-6-1-2-7-5-6/h6-8H,1-5H2/t6-/m0/s1. The summed E-state index contributed by atoms with van der Waals surface area (Å²) in [6, 6.07) is 0. The van der Waals surface area contributed by atoms with Gasteiger partial charge in [0.25, 0.3) is 0 Å². The summed E-state index contributed by atoms with van der Waals surface area (Å²) in [5.41, 5.74) is 0. The van der Waals surface area contributed by atoms with Gasteiger partial charge in [-0.15, -0.1) is 0 Å². The highest BCUT2D eigenvalue weighted by Crippen LogP contribution is 2.01. The molecule has 1 fully saturated rings. The number of nitrogens with one attached hydrogen (secondary N) is 1. The van der Waals surface area contributed by atoms with E-state index in [4.69, 9.17) is 9.84 Å². The lowest BCUT2D eigenvalue weighted by molar-refractivity contribution is 0.0402. The minimum atomic E-state index is 0.135. The van der Waals surface area contributed by atoms with Gasteiger partial charge in [0.2, 0.25) is 0 Å². The van der Waals surface area contributed by atoms with E-state index in [0.717, 1.165) is 19.5 Å². The van der Waals surface area contributed by atoms with Gasteiger partial charge < -0.3 is 15.2 Å². The van der Waals surface area contributed by atoms with Crippen molar-refractivity contribution in [1.82, 2.24) is 5.32 Å². The van der Waals surface area contributed by atoms with Crippen LogP contribution in [-0.4, -0.2) is 37.5 Å². The largest absolute Gasteiger partial charge is 0.394 e. The molecule has 0 aromatic carbocycles. The van der Waals surface area contributed by atoms with Gasteiger partial charge in [-0.1, -0.05) is 0 Å². The van der Waals surface area contributed by atoms with Crippen LogP contribution in [0, 0.1) is 0 Å². The van der Waals surface area contributed by atoms with Crippen LogP contribution in [0.1, 0.15) is 6.42 Å². The first kappa shape index (κ1) is 6.99. The number of aliphatic hydroxyl groups is 1. The molecule has 3 heteroatoms. The van der Waals surface area contributed by atoms with Crippen LogP contribution in [0.3, 0.4) is 0 Å². The Morgan fingerprint density at radius 1 is 1.67 bits per heavy atom. The quantitative estimate of drug-likeness (QED) is 0.535. The minimum Gasteiger partial charge on any atom is -0.394 e. The second kappa shape index (κ2) is 3.82. The molecule has 1 atom stereocenters. The predicted molar refractivity (Wildman–Crippen MR) is 34.3 cm³/mol. The lowest BCUT2D eigenvalue weighted by Gasteiger charge is -2.07. The van der Waals surface area contributed by atoms with Crippen LogP contribution in [0.15, 0.2) is 0 Å². The van der Waals surface area contributed by atoms with Crippen molar-refractivity contribution in [2.75, 3.05) is 26.3 Å². The monoisotopic (exact) mass is 131 g/mol. The normalized spacial score (nSPS) is 27.0. The molecule has 0 bridgehead atoms. The van der Waals surface area contributed by atoms with E-state index in [-0.39, 0.29) is 6.61 Å². The number of aliphatic hydroxyl groups excluding tert-OH is 1. The Balaban J connectivity index is 1.98. The van der Waals surface area contributed by atoms with E-state index in [1.165, 1.54) is 0 Å². The summed E-state index contributed by atoms with van der Waals surface area (Å²) in [4.78, 5) is 0. The molecule has 0 amide bonds. The van der Waals surface area contributed by atoms with Gasteiger partial charge in [-0.3, -0.25) is 0 Å². The van der Waals surface area contributed by atoms with E-state index < -0.39 is 0 Å². The molecule has 0 aromatic heterocycles. The topological polar surface area (TPSA) is 41.5 Å². The average molecular weight is 131 g/mol. The maximum absolute atomic E-state index is 8.38. The Morgan fingerprint density at radius 3 is 3.11 bits per heavy atom. The fourth-order valence-electron chi connectivity index (χ4n) is 0.990. The van der Waals surface area contributed by atoms with Crippen molar-refractivity contribution in [1.29, 1.82) is 0 Å². The van der Waals surface area contributed by atoms with Gasteiger partial charge >= 0.3 is 0 Å². The van der Waals surface area contributed by atoms with E-state index in [9.17, 15) is 0 Å². The van der Waals surface area contributed by atoms with Crippen molar-refractivity contribution in [2.24, 2.45) is 0 Å². The molecule has 54 valence electrons. The SMILES string of the molecule is OCCO[C@H]1CCNC1. The highest BCUT2D eigenvalue weighted by Gasteiger charge is 2.13. The highest BCUT2D eigenvalue weighted by molar-refractivity contribution is 4.70. The summed E-state index contributed by atoms with van der Waals surface area (Å²) >= 11 is 0. The van der Waals surface area contributed by atoms with E-state index in [2.05, 4.69) is 5.32 Å². The van der Waals surface area contributed by atoms with Crippen LogP contribution in [-0.2, 0) is 4.74 Å². The van der Waals surface area contributed by atoms with Gasteiger partial charge in [0.1, 0.15) is 0 Å². The number of hydrogen-bond acceptors (Lipinski definition) is 3. The molecule has 1 rings (SSSR count). The summed E-state index contributed by atoms with van der Waals surface area (Å²) in [5.74, 6) is 0. The van der Waals surface area contributed by atoms with Gasteiger partial charge in [0.05, 0.1) is 19.3 Å². The third-order valence-electron chi connectivity index (χ3n) is 1.46. The molecule has 0 aliphatic carbocycles. The van der Waals surface area contributed by atoms with Crippen LogP contribution < -0.4 is 5.32 Å². The fraction of sp³-hybridized carbons (Fsp3) is 1.00. The molecule has 1 saturated heterocycles. The summed E-state index contributed by atoms with van der Waals surface area (Å²) in [6.07, 6.45) is 1.43. The van der Waals surface area contributed by atoms with Crippen molar-refractivity contribution in [3.63, 3.8) is 0 Å². The van der Waals surface area contributed by atoms with E-state index >= 15 is 0 Å². The summed E-state index contributed by atoms with van der Waals surface area (Å²) < 4.78 is 5.24. The van der Waals surface area contributed by atoms with Gasteiger partial charge in [0.15, 0.2) is 0 Å². The average Bonchev–Trinajstić information content (AvgIpc) is 2.34. The smallest absolute Gasteiger partial charge is 0.0712 e. The van der Waals surface area contributed by atoms with Gasteiger partial charge in [-0.25, -0.2) is 0 Å². The maximum atomic E-state index is 8.38. The molecule has 0 aromatic rings. The van der Waals surface area contributed by atoms with Gasteiger partial charge in [-0.05, 0) is 13.0 Å². The third kappa shape index (κ3) is 2.30. The zero-order valence-electron chi connectivity index (χ0n) is 5.47. The van der Waals surface area contributed by atoms with Crippen molar-refractivity contribution in [3.05, 3.63) is 0 Å². The van der Waals surface area contributed by atoms with Crippen LogP contribution in [0.5, 0.6) is 0 Å². The molecule has 0 saturated carbocycles. The van der Waals surface area contributed by atoms with E-state index in [1.54, 1.807) is 0 Å². The fourth-order valence-corrected chi connectivity index (χ4v) is 0.990. The molecule has 1 aliphatic heterocycles. The van der Waals surface area contributed by atoms with Crippen LogP contribution >= 0.6 is 0 Å². The van der Waals surface area contributed by atoms with Crippen molar-refractivity contribution in [2.45, 2.75) is 12.5 Å². The van der Waals surface area contributed by atoms with Gasteiger partial charge in [-0.2, -0.15) is 0 Å². The van der Waals surface area contributed by atoms with Gasteiger partial charge in [0, 0.05) is 6.54 Å². The van der Waals surface area contributed by atoms with Crippen molar-refractivity contribution >= 4 is 0 Å². The summed E-state index contributed by atoms with van der Waals surface area (Å²) in [5, 5.41) is 11.6. The van der Waals surface area contributed by atoms with Crippen LogP contribution in [0.2, 0.25) is 0 Å². The molecule has 1 aliphatic rings. The second-order valence-electron chi connectivity index (χ2n) is 2.21. The third-order valence-corrected chi connectivity index (χ3v) is 1.46. The first-order valence-electron chi connectivity index (χ1n) is 3.36. The highest BCUT2D eigenvalue weighted by atomic mass is 16.5. The molecular formula is C6H13NO2. The molecule has 0 radical (unpaired) electrons. The van der Waals surface area contributed by atoms with E-state index in [0.29, 0.717) is 12.7 Å². The Labute approximate surface area is 55.0 Å². The lowest BCUT2D eigenvalue weighted by atomic mass is 10.3. The minimum absolute atomic E-state index is 0.135. The van der Waals surface area contributed by atoms with Crippen molar-refractivity contribution < 1.29 is 9.84 Å². The summed E-state index contributed by atoms with van der Waals surface area (Å²) in [6.45, 7) is 2.61. The molecule has 1 heterocycles. The van der Waals surface area contributed by atoms with Crippen LogP contribution in [0.4, 0.5) is 0 Å². The maximum Gasteiger partial charge on any atom is 0.0712 e. The molecular weight excluding hydrogens is 118 g/mol. The second-order valence-corrected chi connectivity index (χ2v) is 2.21. The number of hydrogen-bond donors (Lipinski definition) is 2. The Morgan fingerprint density at radius 2 is 2.56 bits per heavy atom. The van der Waals surface area contributed by atoms with Crippen LogP contribution in [0.25, 0.3) is 0 Å². The molecule has 9 heavy (non-hydrogen) atoms. The van der Waals surface area contributed by atoms with E-state index in [1.807, 2.05) is 0 Å². The predicted octanol–water partition coefficient (Wildman–Crippen LogP) is -0.643. The number of ether oxygens (including phenoxy) is 1. The zero-order chi connectivity index (χ0) is 6.53. The molecule has 3 nitrogen and oxygen atoms in total. The zero-order valence-corrected chi connectivity index (χ0v) is 5.47. The van der Waals surface area contributed by atoms with Crippen molar-refractivity contribution in [3.8, 4) is 0 Å². The first-order chi connectivity index (χ1) is 4.43. The molecule has 0 spiro atoms.